The van der Waals surface area contributed by atoms with Gasteiger partial charge in [-0.05, 0) is 19.3 Å². The van der Waals surface area contributed by atoms with Crippen LogP contribution in [0.1, 0.15) is 20.3 Å². The largest absolute Gasteiger partial charge is 0.480 e. The van der Waals surface area contributed by atoms with Gasteiger partial charge in [-0.2, -0.15) is 4.31 Å². The number of carbonyl (C=O) groups is 1. The van der Waals surface area contributed by atoms with Gasteiger partial charge in [0.25, 0.3) is 10.0 Å². The molecule has 1 fully saturated rings. The Morgan fingerprint density at radius 2 is 2.26 bits per heavy atom. The van der Waals surface area contributed by atoms with Crippen LogP contribution in [0, 0.1) is 5.92 Å². The van der Waals surface area contributed by atoms with Gasteiger partial charge in [-0.1, -0.05) is 6.92 Å². The van der Waals surface area contributed by atoms with Crippen molar-refractivity contribution in [3.05, 3.63) is 12.5 Å². The SMILES string of the molecule is CCn1cnc(S(=O)(=O)N2CCC(C)C2C(=O)O)c1. The second kappa shape index (κ2) is 4.93. The topological polar surface area (TPSA) is 92.5 Å². The molecule has 2 heterocycles. The van der Waals surface area contributed by atoms with Crippen molar-refractivity contribution in [2.75, 3.05) is 6.54 Å². The Kier molecular flexibility index (Phi) is 3.64. The molecule has 1 N–H and O–H groups in total. The van der Waals surface area contributed by atoms with Crippen LogP contribution in [0.5, 0.6) is 0 Å². The van der Waals surface area contributed by atoms with E-state index in [1.165, 1.54) is 12.5 Å². The lowest BCUT2D eigenvalue weighted by Crippen LogP contribution is -2.42. The minimum absolute atomic E-state index is 0.0882. The van der Waals surface area contributed by atoms with Crippen molar-refractivity contribution in [3.8, 4) is 0 Å². The number of aliphatic carboxylic acids is 1. The van der Waals surface area contributed by atoms with Gasteiger partial charge in [0.15, 0.2) is 5.03 Å². The first kappa shape index (κ1) is 14.0. The summed E-state index contributed by atoms with van der Waals surface area (Å²) in [7, 11) is -3.83. The molecule has 0 amide bonds. The molecule has 1 aromatic rings. The predicted octanol–water partition coefficient (Wildman–Crippen LogP) is 0.387. The van der Waals surface area contributed by atoms with Crippen LogP contribution in [0.2, 0.25) is 0 Å². The molecule has 2 unspecified atom stereocenters. The van der Waals surface area contributed by atoms with E-state index in [1.54, 1.807) is 11.5 Å². The zero-order chi connectivity index (χ0) is 14.2. The smallest absolute Gasteiger partial charge is 0.322 e. The maximum absolute atomic E-state index is 12.4. The lowest BCUT2D eigenvalue weighted by atomic mass is 10.0. The van der Waals surface area contributed by atoms with Gasteiger partial charge < -0.3 is 9.67 Å². The molecule has 1 aliphatic heterocycles. The molecule has 19 heavy (non-hydrogen) atoms. The number of aromatic nitrogens is 2. The maximum atomic E-state index is 12.4. The summed E-state index contributed by atoms with van der Waals surface area (Å²) in [6.07, 6.45) is 3.41. The van der Waals surface area contributed by atoms with Crippen molar-refractivity contribution in [2.45, 2.75) is 37.9 Å². The first-order valence-electron chi connectivity index (χ1n) is 6.14. The molecular formula is C11H17N3O4S. The summed E-state index contributed by atoms with van der Waals surface area (Å²) >= 11 is 0. The molecule has 1 aliphatic rings. The Morgan fingerprint density at radius 1 is 1.58 bits per heavy atom. The fourth-order valence-corrected chi connectivity index (χ4v) is 3.95. The minimum atomic E-state index is -3.83. The third kappa shape index (κ3) is 2.37. The number of imidazole rings is 1. The first-order valence-corrected chi connectivity index (χ1v) is 7.58. The van der Waals surface area contributed by atoms with E-state index < -0.39 is 22.0 Å². The molecule has 0 saturated carbocycles. The zero-order valence-corrected chi connectivity index (χ0v) is 11.7. The Morgan fingerprint density at radius 3 is 2.79 bits per heavy atom. The van der Waals surface area contributed by atoms with E-state index in [0.29, 0.717) is 13.0 Å². The molecule has 0 radical (unpaired) electrons. The van der Waals surface area contributed by atoms with Crippen LogP contribution >= 0.6 is 0 Å². The molecule has 1 aromatic heterocycles. The van der Waals surface area contributed by atoms with Gasteiger partial charge in [0.05, 0.1) is 6.33 Å². The molecule has 8 heteroatoms. The van der Waals surface area contributed by atoms with Crippen LogP contribution in [0.15, 0.2) is 17.6 Å². The van der Waals surface area contributed by atoms with Crippen molar-refractivity contribution >= 4 is 16.0 Å². The van der Waals surface area contributed by atoms with E-state index in [9.17, 15) is 18.3 Å². The van der Waals surface area contributed by atoms with Crippen molar-refractivity contribution in [1.82, 2.24) is 13.9 Å². The van der Waals surface area contributed by atoms with E-state index in [4.69, 9.17) is 0 Å². The minimum Gasteiger partial charge on any atom is -0.480 e. The lowest BCUT2D eigenvalue weighted by Gasteiger charge is -2.21. The molecule has 0 spiro atoms. The van der Waals surface area contributed by atoms with Gasteiger partial charge in [-0.25, -0.2) is 13.4 Å². The van der Waals surface area contributed by atoms with E-state index in [-0.39, 0.29) is 17.5 Å². The average molecular weight is 287 g/mol. The average Bonchev–Trinajstić information content (AvgIpc) is 2.94. The number of sulfonamides is 1. The zero-order valence-electron chi connectivity index (χ0n) is 10.9. The quantitative estimate of drug-likeness (QED) is 0.864. The van der Waals surface area contributed by atoms with Crippen LogP contribution < -0.4 is 0 Å². The summed E-state index contributed by atoms with van der Waals surface area (Å²) in [5, 5.41) is 9.10. The van der Waals surface area contributed by atoms with E-state index in [0.717, 1.165) is 4.31 Å². The fourth-order valence-electron chi connectivity index (χ4n) is 2.31. The molecule has 106 valence electrons. The second-order valence-corrected chi connectivity index (χ2v) is 6.54. The molecule has 0 bridgehead atoms. The van der Waals surface area contributed by atoms with E-state index in [1.807, 2.05) is 6.92 Å². The van der Waals surface area contributed by atoms with Crippen molar-refractivity contribution in [1.29, 1.82) is 0 Å². The number of hydrogen-bond donors (Lipinski definition) is 1. The monoisotopic (exact) mass is 287 g/mol. The molecule has 2 rings (SSSR count). The Balaban J connectivity index is 2.36. The van der Waals surface area contributed by atoms with Crippen molar-refractivity contribution < 1.29 is 18.3 Å². The molecule has 1 saturated heterocycles. The van der Waals surface area contributed by atoms with Crippen LogP contribution in [0.3, 0.4) is 0 Å². The predicted molar refractivity (Wildman–Crippen MR) is 67.0 cm³/mol. The summed E-state index contributed by atoms with van der Waals surface area (Å²) in [5.41, 5.74) is 0. The molecule has 0 aromatic carbocycles. The second-order valence-electron chi connectivity index (χ2n) is 4.71. The normalized spacial score (nSPS) is 24.7. The summed E-state index contributed by atoms with van der Waals surface area (Å²) in [6.45, 7) is 4.45. The van der Waals surface area contributed by atoms with Gasteiger partial charge >= 0.3 is 5.97 Å². The van der Waals surface area contributed by atoms with Gasteiger partial charge in [-0.15, -0.1) is 0 Å². The Hall–Kier alpha value is -1.41. The molecule has 2 atom stereocenters. The van der Waals surface area contributed by atoms with Gasteiger partial charge in [-0.3, -0.25) is 4.79 Å². The molecule has 7 nitrogen and oxygen atoms in total. The third-order valence-corrected chi connectivity index (χ3v) is 5.22. The highest BCUT2D eigenvalue weighted by Crippen LogP contribution is 2.29. The maximum Gasteiger partial charge on any atom is 0.322 e. The third-order valence-electron chi connectivity index (χ3n) is 3.45. The molecular weight excluding hydrogens is 270 g/mol. The van der Waals surface area contributed by atoms with Crippen LogP contribution in [0.4, 0.5) is 0 Å². The molecule has 0 aliphatic carbocycles. The number of rotatable bonds is 4. The summed E-state index contributed by atoms with van der Waals surface area (Å²) in [6, 6.07) is -1.00. The van der Waals surface area contributed by atoms with Gasteiger partial charge in [0, 0.05) is 19.3 Å². The lowest BCUT2D eigenvalue weighted by molar-refractivity contribution is -0.141. The number of carboxylic acid groups (broad SMARTS) is 1. The van der Waals surface area contributed by atoms with Crippen LogP contribution in [-0.4, -0.2) is 45.9 Å². The van der Waals surface area contributed by atoms with E-state index in [2.05, 4.69) is 4.98 Å². The summed E-state index contributed by atoms with van der Waals surface area (Å²) < 4.78 is 27.5. The Bertz CT molecular complexity index is 581. The Labute approximate surface area is 111 Å². The van der Waals surface area contributed by atoms with Crippen molar-refractivity contribution in [2.24, 2.45) is 5.92 Å². The standard InChI is InChI=1S/C11H17N3O4S/c1-3-13-6-9(12-7-13)19(17,18)14-5-4-8(2)10(14)11(15)16/h6-8,10H,3-5H2,1-2H3,(H,15,16). The van der Waals surface area contributed by atoms with Crippen molar-refractivity contribution in [3.63, 3.8) is 0 Å². The van der Waals surface area contributed by atoms with Crippen LogP contribution in [-0.2, 0) is 21.4 Å². The highest BCUT2D eigenvalue weighted by atomic mass is 32.2. The highest BCUT2D eigenvalue weighted by Gasteiger charge is 2.44. The summed E-state index contributed by atoms with van der Waals surface area (Å²) in [4.78, 5) is 15.1. The van der Waals surface area contributed by atoms with Crippen LogP contribution in [0.25, 0.3) is 0 Å². The number of carboxylic acids is 1. The number of nitrogens with zero attached hydrogens (tertiary/aromatic N) is 3. The number of hydrogen-bond acceptors (Lipinski definition) is 4. The van der Waals surface area contributed by atoms with Gasteiger partial charge in [0.2, 0.25) is 0 Å². The van der Waals surface area contributed by atoms with Gasteiger partial charge in [0.1, 0.15) is 6.04 Å². The first-order chi connectivity index (χ1) is 8.87. The highest BCUT2D eigenvalue weighted by molar-refractivity contribution is 7.89. The number of aryl methyl sites for hydroxylation is 1. The fraction of sp³-hybridized carbons (Fsp3) is 0.636. The summed E-state index contributed by atoms with van der Waals surface area (Å²) in [5.74, 6) is -1.30. The van der Waals surface area contributed by atoms with E-state index >= 15 is 0 Å².